The Bertz CT molecular complexity index is 465. The maximum Gasteiger partial charge on any atom is 0.191 e. The van der Waals surface area contributed by atoms with Gasteiger partial charge in [-0.2, -0.15) is 5.10 Å². The van der Waals surface area contributed by atoms with Crippen LogP contribution >= 0.6 is 0 Å². The van der Waals surface area contributed by atoms with E-state index in [-0.39, 0.29) is 5.54 Å². The molecule has 0 saturated carbocycles. The smallest absolute Gasteiger partial charge is 0.191 e. The number of ether oxygens (including phenoxy) is 1. The van der Waals surface area contributed by atoms with Gasteiger partial charge in [0, 0.05) is 57.7 Å². The first-order valence-corrected chi connectivity index (χ1v) is 8.36. The van der Waals surface area contributed by atoms with Gasteiger partial charge in [0.1, 0.15) is 0 Å². The van der Waals surface area contributed by atoms with Gasteiger partial charge in [-0.25, -0.2) is 0 Å². The summed E-state index contributed by atoms with van der Waals surface area (Å²) in [5.74, 6) is 0.854. The zero-order valence-electron chi connectivity index (χ0n) is 14.6. The molecule has 0 atom stereocenters. The van der Waals surface area contributed by atoms with E-state index in [0.29, 0.717) is 0 Å². The van der Waals surface area contributed by atoms with Crippen molar-refractivity contribution in [3.05, 3.63) is 18.5 Å². The van der Waals surface area contributed by atoms with E-state index in [0.717, 1.165) is 58.3 Å². The van der Waals surface area contributed by atoms with Gasteiger partial charge in [-0.1, -0.05) is 0 Å². The summed E-state index contributed by atoms with van der Waals surface area (Å²) in [5.41, 5.74) is 0.0798. The molecule has 1 aromatic rings. The lowest BCUT2D eigenvalue weighted by Crippen LogP contribution is -2.56. The van der Waals surface area contributed by atoms with Crippen molar-refractivity contribution in [2.45, 2.75) is 32.4 Å². The summed E-state index contributed by atoms with van der Waals surface area (Å²) >= 11 is 0. The fourth-order valence-electron chi connectivity index (χ4n) is 2.68. The van der Waals surface area contributed by atoms with Gasteiger partial charge in [-0.15, -0.1) is 0 Å². The molecule has 7 heteroatoms. The molecule has 1 aliphatic heterocycles. The van der Waals surface area contributed by atoms with Crippen molar-refractivity contribution in [3.63, 3.8) is 0 Å². The summed E-state index contributed by atoms with van der Waals surface area (Å²) in [6.45, 7) is 10.8. The summed E-state index contributed by atoms with van der Waals surface area (Å²) in [5, 5.41) is 11.0. The SMILES string of the molecule is CN=C(NCCCn1cccn1)NCC(C)(C)N1CCOCC1. The number of aryl methyl sites for hydroxylation is 1. The minimum Gasteiger partial charge on any atom is -0.379 e. The van der Waals surface area contributed by atoms with E-state index in [9.17, 15) is 0 Å². The third-order valence-electron chi connectivity index (χ3n) is 4.19. The number of aromatic nitrogens is 2. The van der Waals surface area contributed by atoms with Gasteiger partial charge in [0.25, 0.3) is 0 Å². The Labute approximate surface area is 139 Å². The van der Waals surface area contributed by atoms with Gasteiger partial charge in [0.05, 0.1) is 13.2 Å². The molecule has 23 heavy (non-hydrogen) atoms. The molecule has 0 spiro atoms. The molecule has 0 aliphatic carbocycles. The molecule has 2 rings (SSSR count). The highest BCUT2D eigenvalue weighted by Crippen LogP contribution is 2.14. The molecule has 0 amide bonds. The highest BCUT2D eigenvalue weighted by atomic mass is 16.5. The Morgan fingerprint density at radius 3 is 2.74 bits per heavy atom. The van der Waals surface area contributed by atoms with Crippen molar-refractivity contribution in [2.24, 2.45) is 4.99 Å². The van der Waals surface area contributed by atoms with Crippen LogP contribution in [-0.4, -0.2) is 72.6 Å². The van der Waals surface area contributed by atoms with Crippen LogP contribution in [0.25, 0.3) is 0 Å². The molecule has 130 valence electrons. The molecule has 2 N–H and O–H groups in total. The van der Waals surface area contributed by atoms with Crippen molar-refractivity contribution < 1.29 is 4.74 Å². The molecule has 1 aromatic heterocycles. The lowest BCUT2D eigenvalue weighted by molar-refractivity contribution is -0.00833. The van der Waals surface area contributed by atoms with Gasteiger partial charge in [-0.3, -0.25) is 14.6 Å². The van der Waals surface area contributed by atoms with Crippen LogP contribution in [0.5, 0.6) is 0 Å². The van der Waals surface area contributed by atoms with Crippen LogP contribution in [0.4, 0.5) is 0 Å². The van der Waals surface area contributed by atoms with Gasteiger partial charge < -0.3 is 15.4 Å². The molecule has 1 saturated heterocycles. The number of aliphatic imine (C=N–C) groups is 1. The second-order valence-corrected chi connectivity index (χ2v) is 6.39. The van der Waals surface area contributed by atoms with Crippen LogP contribution < -0.4 is 10.6 Å². The fourth-order valence-corrected chi connectivity index (χ4v) is 2.68. The van der Waals surface area contributed by atoms with E-state index in [1.54, 1.807) is 0 Å². The normalized spacial score (nSPS) is 17.3. The van der Waals surface area contributed by atoms with E-state index in [1.807, 2.05) is 30.2 Å². The first kappa shape index (κ1) is 17.7. The van der Waals surface area contributed by atoms with Gasteiger partial charge in [0.2, 0.25) is 0 Å². The van der Waals surface area contributed by atoms with Gasteiger partial charge in [0.15, 0.2) is 5.96 Å². The average molecular weight is 322 g/mol. The first-order chi connectivity index (χ1) is 11.1. The molecule has 0 bridgehead atoms. The fraction of sp³-hybridized carbons (Fsp3) is 0.750. The minimum atomic E-state index is 0.0798. The number of nitrogens with one attached hydrogen (secondary N) is 2. The Hall–Kier alpha value is -1.60. The average Bonchev–Trinajstić information content (AvgIpc) is 3.08. The van der Waals surface area contributed by atoms with Crippen LogP contribution in [0.3, 0.4) is 0 Å². The third-order valence-corrected chi connectivity index (χ3v) is 4.19. The summed E-state index contributed by atoms with van der Waals surface area (Å²) in [4.78, 5) is 6.77. The van der Waals surface area contributed by atoms with Crippen molar-refractivity contribution >= 4 is 5.96 Å². The molecule has 1 fully saturated rings. The van der Waals surface area contributed by atoms with E-state index in [2.05, 4.69) is 39.5 Å². The van der Waals surface area contributed by atoms with E-state index in [1.165, 1.54) is 0 Å². The predicted molar refractivity (Wildman–Crippen MR) is 92.7 cm³/mol. The number of rotatable bonds is 7. The molecular weight excluding hydrogens is 292 g/mol. The van der Waals surface area contributed by atoms with E-state index >= 15 is 0 Å². The standard InChI is InChI=1S/C16H30N6O/c1-16(2,21-10-12-23-13-11-21)14-19-15(17-3)18-6-4-8-22-9-5-7-20-22/h5,7,9H,4,6,8,10-14H2,1-3H3,(H2,17,18,19). The van der Waals surface area contributed by atoms with Crippen LogP contribution in [0.15, 0.2) is 23.5 Å². The summed E-state index contributed by atoms with van der Waals surface area (Å²) in [6, 6.07) is 1.95. The molecule has 7 nitrogen and oxygen atoms in total. The second kappa shape index (κ2) is 8.88. The number of nitrogens with zero attached hydrogens (tertiary/aromatic N) is 4. The highest BCUT2D eigenvalue weighted by molar-refractivity contribution is 5.79. The Kier molecular flexibility index (Phi) is 6.85. The maximum absolute atomic E-state index is 5.43. The Balaban J connectivity index is 1.67. The molecular formula is C16H30N6O. The molecule has 0 radical (unpaired) electrons. The lowest BCUT2D eigenvalue weighted by atomic mass is 10.0. The first-order valence-electron chi connectivity index (χ1n) is 8.36. The predicted octanol–water partition coefficient (Wildman–Crippen LogP) is 0.549. The third kappa shape index (κ3) is 5.84. The van der Waals surface area contributed by atoms with Crippen LogP contribution in [0.1, 0.15) is 20.3 Å². The lowest BCUT2D eigenvalue weighted by Gasteiger charge is -2.41. The van der Waals surface area contributed by atoms with Crippen molar-refractivity contribution in [1.29, 1.82) is 0 Å². The van der Waals surface area contributed by atoms with Crippen molar-refractivity contribution in [1.82, 2.24) is 25.3 Å². The van der Waals surface area contributed by atoms with Crippen molar-refractivity contribution in [3.8, 4) is 0 Å². The number of hydrogen-bond acceptors (Lipinski definition) is 4. The molecule has 0 unspecified atom stereocenters. The summed E-state index contributed by atoms with van der Waals surface area (Å²) in [6.07, 6.45) is 4.80. The highest BCUT2D eigenvalue weighted by Gasteiger charge is 2.28. The quantitative estimate of drug-likeness (QED) is 0.436. The molecule has 2 heterocycles. The Morgan fingerprint density at radius 1 is 1.30 bits per heavy atom. The van der Waals surface area contributed by atoms with E-state index < -0.39 is 0 Å². The molecule has 0 aromatic carbocycles. The molecule has 1 aliphatic rings. The number of guanidine groups is 1. The van der Waals surface area contributed by atoms with E-state index in [4.69, 9.17) is 4.74 Å². The van der Waals surface area contributed by atoms with Gasteiger partial charge in [-0.05, 0) is 26.3 Å². The van der Waals surface area contributed by atoms with Crippen LogP contribution in [0.2, 0.25) is 0 Å². The van der Waals surface area contributed by atoms with Crippen LogP contribution in [-0.2, 0) is 11.3 Å². The minimum absolute atomic E-state index is 0.0798. The number of morpholine rings is 1. The Morgan fingerprint density at radius 2 is 2.09 bits per heavy atom. The van der Waals surface area contributed by atoms with Gasteiger partial charge >= 0.3 is 0 Å². The second-order valence-electron chi connectivity index (χ2n) is 6.39. The largest absolute Gasteiger partial charge is 0.379 e. The van der Waals surface area contributed by atoms with Crippen LogP contribution in [0, 0.1) is 0 Å². The van der Waals surface area contributed by atoms with Crippen molar-refractivity contribution in [2.75, 3.05) is 46.4 Å². The monoisotopic (exact) mass is 322 g/mol. The zero-order valence-corrected chi connectivity index (χ0v) is 14.6. The number of hydrogen-bond donors (Lipinski definition) is 2. The maximum atomic E-state index is 5.43. The summed E-state index contributed by atoms with van der Waals surface area (Å²) in [7, 11) is 1.81. The zero-order chi connectivity index (χ0) is 16.5. The summed E-state index contributed by atoms with van der Waals surface area (Å²) < 4.78 is 7.38. The topological polar surface area (TPSA) is 66.7 Å².